The summed E-state index contributed by atoms with van der Waals surface area (Å²) in [5.41, 5.74) is 2.20. The molecule has 1 aromatic heterocycles. The molecule has 1 N–H and O–H groups in total. The summed E-state index contributed by atoms with van der Waals surface area (Å²) in [6, 6.07) is 14.3. The highest BCUT2D eigenvalue weighted by Gasteiger charge is 2.20. The Labute approximate surface area is 132 Å². The first-order valence-corrected chi connectivity index (χ1v) is 8.22. The minimum Gasteiger partial charge on any atom is -0.439 e. The first-order valence-electron chi connectivity index (χ1n) is 7.03. The molecule has 0 saturated heterocycles. The van der Waals surface area contributed by atoms with E-state index >= 15 is 0 Å². The summed E-state index contributed by atoms with van der Waals surface area (Å²) in [4.78, 5) is 2.25. The molecule has 0 saturated carbocycles. The van der Waals surface area contributed by atoms with E-state index in [1.807, 2.05) is 30.3 Å². The maximum atomic E-state index is 6.31. The monoisotopic (exact) mass is 315 g/mol. The number of hydrogen-bond acceptors (Lipinski definition) is 3. The van der Waals surface area contributed by atoms with Crippen LogP contribution in [0.4, 0.5) is 5.88 Å². The quantitative estimate of drug-likeness (QED) is 0.666. The van der Waals surface area contributed by atoms with Crippen molar-refractivity contribution in [3.63, 3.8) is 0 Å². The largest absolute Gasteiger partial charge is 0.439 e. The molecule has 0 spiro atoms. The van der Waals surface area contributed by atoms with Gasteiger partial charge in [0, 0.05) is 27.4 Å². The molecule has 21 heavy (non-hydrogen) atoms. The number of nitrogens with one attached hydrogen (secondary N) is 1. The molecule has 4 heteroatoms. The normalized spacial score (nSPS) is 14.0. The average Bonchev–Trinajstić information content (AvgIpc) is 2.87. The molecule has 2 nitrogen and oxygen atoms in total. The third-order valence-electron chi connectivity index (χ3n) is 3.68. The lowest BCUT2D eigenvalue weighted by Gasteiger charge is -2.11. The molecule has 1 aliphatic rings. The Hall–Kier alpha value is -1.58. The summed E-state index contributed by atoms with van der Waals surface area (Å²) >= 11 is 8.00. The first-order chi connectivity index (χ1) is 10.3. The molecule has 2 aromatic carbocycles. The van der Waals surface area contributed by atoms with Gasteiger partial charge in [0.15, 0.2) is 11.5 Å². The van der Waals surface area contributed by atoms with Crippen LogP contribution in [0.25, 0.3) is 11.0 Å². The van der Waals surface area contributed by atoms with Gasteiger partial charge in [-0.2, -0.15) is 0 Å². The van der Waals surface area contributed by atoms with Crippen molar-refractivity contribution >= 4 is 40.2 Å². The number of aryl methyl sites for hydroxylation is 1. The van der Waals surface area contributed by atoms with Gasteiger partial charge in [0.1, 0.15) is 0 Å². The van der Waals surface area contributed by atoms with E-state index in [4.69, 9.17) is 16.0 Å². The summed E-state index contributed by atoms with van der Waals surface area (Å²) < 4.78 is 6.06. The Balaban J connectivity index is 1.86. The van der Waals surface area contributed by atoms with Gasteiger partial charge < -0.3 is 9.73 Å². The van der Waals surface area contributed by atoms with E-state index in [-0.39, 0.29) is 0 Å². The Bertz CT molecular complexity index is 797. The lowest BCUT2D eigenvalue weighted by atomic mass is 10.1. The highest BCUT2D eigenvalue weighted by Crippen LogP contribution is 2.42. The molecule has 2 heterocycles. The zero-order chi connectivity index (χ0) is 14.2. The van der Waals surface area contributed by atoms with Gasteiger partial charge in [-0.3, -0.25) is 0 Å². The fourth-order valence-corrected chi connectivity index (χ4v) is 3.99. The van der Waals surface area contributed by atoms with Crippen LogP contribution in [0.15, 0.2) is 56.7 Å². The molecule has 106 valence electrons. The maximum absolute atomic E-state index is 6.31. The Kier molecular flexibility index (Phi) is 3.32. The molecule has 4 rings (SSSR count). The number of hydrogen-bond donors (Lipinski definition) is 1. The number of rotatable bonds is 2. The average molecular weight is 316 g/mol. The lowest BCUT2D eigenvalue weighted by molar-refractivity contribution is 0.602. The van der Waals surface area contributed by atoms with Crippen molar-refractivity contribution in [2.45, 2.75) is 22.6 Å². The SMILES string of the molecule is Clc1cc(Sc2ccccc2)c2oc3c(c2c1)CCCN3. The van der Waals surface area contributed by atoms with Crippen LogP contribution < -0.4 is 5.32 Å². The van der Waals surface area contributed by atoms with Crippen LogP contribution in [0.1, 0.15) is 12.0 Å². The van der Waals surface area contributed by atoms with E-state index in [0.717, 1.165) is 46.2 Å². The third-order valence-corrected chi connectivity index (χ3v) is 4.93. The zero-order valence-corrected chi connectivity index (χ0v) is 12.9. The lowest BCUT2D eigenvalue weighted by Crippen LogP contribution is -2.09. The number of halogens is 1. The molecule has 0 radical (unpaired) electrons. The predicted octanol–water partition coefficient (Wildman–Crippen LogP) is 5.60. The number of furan rings is 1. The Morgan fingerprint density at radius 2 is 2.00 bits per heavy atom. The van der Waals surface area contributed by atoms with Crippen LogP contribution in [0.2, 0.25) is 5.02 Å². The van der Waals surface area contributed by atoms with E-state index in [1.54, 1.807) is 11.8 Å². The molecule has 0 bridgehead atoms. The fourth-order valence-electron chi connectivity index (χ4n) is 2.73. The molecule has 3 aromatic rings. The minimum atomic E-state index is 0.759. The second-order valence-corrected chi connectivity index (χ2v) is 6.69. The second-order valence-electron chi connectivity index (χ2n) is 5.14. The molecule has 0 fully saturated rings. The van der Waals surface area contributed by atoms with Crippen LogP contribution in [-0.2, 0) is 6.42 Å². The predicted molar refractivity (Wildman–Crippen MR) is 88.6 cm³/mol. The standard InChI is InChI=1S/C17H14ClNOS/c18-11-9-14-13-7-4-8-19-17(13)20-16(14)15(10-11)21-12-5-2-1-3-6-12/h1-3,5-6,9-10,19H,4,7-8H2. The Morgan fingerprint density at radius 3 is 2.86 bits per heavy atom. The highest BCUT2D eigenvalue weighted by molar-refractivity contribution is 7.99. The van der Waals surface area contributed by atoms with E-state index in [9.17, 15) is 0 Å². The second kappa shape index (κ2) is 5.32. The fraction of sp³-hybridized carbons (Fsp3) is 0.176. The van der Waals surface area contributed by atoms with E-state index in [2.05, 4.69) is 17.4 Å². The third kappa shape index (κ3) is 2.41. The van der Waals surface area contributed by atoms with Crippen molar-refractivity contribution in [3.8, 4) is 0 Å². The topological polar surface area (TPSA) is 25.2 Å². The molecule has 1 aliphatic heterocycles. The van der Waals surface area contributed by atoms with Crippen LogP contribution >= 0.6 is 23.4 Å². The number of fused-ring (bicyclic) bond motifs is 3. The first kappa shape index (κ1) is 13.1. The van der Waals surface area contributed by atoms with Gasteiger partial charge in [0.05, 0.1) is 4.90 Å². The van der Waals surface area contributed by atoms with E-state index in [0.29, 0.717) is 0 Å². The maximum Gasteiger partial charge on any atom is 0.197 e. The van der Waals surface area contributed by atoms with Gasteiger partial charge >= 0.3 is 0 Å². The summed E-state index contributed by atoms with van der Waals surface area (Å²) in [6.45, 7) is 0.974. The van der Waals surface area contributed by atoms with Crippen LogP contribution in [0.5, 0.6) is 0 Å². The van der Waals surface area contributed by atoms with Gasteiger partial charge in [-0.25, -0.2) is 0 Å². The van der Waals surface area contributed by atoms with E-state index < -0.39 is 0 Å². The molecular formula is C17H14ClNOS. The van der Waals surface area contributed by atoms with Crippen molar-refractivity contribution in [1.29, 1.82) is 0 Å². The summed E-state index contributed by atoms with van der Waals surface area (Å²) in [5, 5.41) is 5.24. The molecule has 0 atom stereocenters. The van der Waals surface area contributed by atoms with Gasteiger partial charge in [0.25, 0.3) is 0 Å². The van der Waals surface area contributed by atoms with Crippen molar-refractivity contribution in [1.82, 2.24) is 0 Å². The van der Waals surface area contributed by atoms with Crippen molar-refractivity contribution in [2.24, 2.45) is 0 Å². The smallest absolute Gasteiger partial charge is 0.197 e. The summed E-state index contributed by atoms with van der Waals surface area (Å²) in [6.07, 6.45) is 2.18. The van der Waals surface area contributed by atoms with Crippen LogP contribution in [0.3, 0.4) is 0 Å². The zero-order valence-electron chi connectivity index (χ0n) is 11.4. The van der Waals surface area contributed by atoms with Gasteiger partial charge in [0.2, 0.25) is 0 Å². The van der Waals surface area contributed by atoms with Crippen molar-refractivity contribution in [3.05, 3.63) is 53.1 Å². The molecule has 0 amide bonds. The summed E-state index contributed by atoms with van der Waals surface area (Å²) in [5.74, 6) is 0.911. The van der Waals surface area contributed by atoms with Crippen molar-refractivity contribution < 1.29 is 4.42 Å². The highest BCUT2D eigenvalue weighted by atomic mass is 35.5. The van der Waals surface area contributed by atoms with Crippen LogP contribution in [0, 0.1) is 0 Å². The number of anilines is 1. The molecule has 0 aliphatic carbocycles. The molecular weight excluding hydrogens is 302 g/mol. The van der Waals surface area contributed by atoms with Gasteiger partial charge in [-0.1, -0.05) is 41.6 Å². The number of benzene rings is 2. The van der Waals surface area contributed by atoms with Gasteiger partial charge in [-0.15, -0.1) is 0 Å². The van der Waals surface area contributed by atoms with Crippen molar-refractivity contribution in [2.75, 3.05) is 11.9 Å². The van der Waals surface area contributed by atoms with Gasteiger partial charge in [-0.05, 0) is 37.1 Å². The minimum absolute atomic E-state index is 0.759. The van der Waals surface area contributed by atoms with Crippen LogP contribution in [-0.4, -0.2) is 6.54 Å². The van der Waals surface area contributed by atoms with E-state index in [1.165, 1.54) is 10.5 Å². The summed E-state index contributed by atoms with van der Waals surface area (Å²) in [7, 11) is 0. The molecule has 0 unspecified atom stereocenters. The Morgan fingerprint density at radius 1 is 1.14 bits per heavy atom.